The normalized spacial score (nSPS) is 21.4. The Morgan fingerprint density at radius 1 is 1.52 bits per heavy atom. The van der Waals surface area contributed by atoms with Crippen molar-refractivity contribution in [3.8, 4) is 0 Å². The van der Waals surface area contributed by atoms with E-state index < -0.39 is 0 Å². The highest BCUT2D eigenvalue weighted by Gasteiger charge is 2.31. The van der Waals surface area contributed by atoms with Crippen molar-refractivity contribution in [2.75, 3.05) is 18.0 Å². The summed E-state index contributed by atoms with van der Waals surface area (Å²) in [5, 5.41) is 3.34. The minimum Gasteiger partial charge on any atom is -0.467 e. The zero-order valence-corrected chi connectivity index (χ0v) is 13.2. The average Bonchev–Trinajstić information content (AvgIpc) is 3.01. The first-order valence-corrected chi connectivity index (χ1v) is 8.29. The third-order valence-electron chi connectivity index (χ3n) is 4.10. The predicted octanol–water partition coefficient (Wildman–Crippen LogP) is 3.30. The first kappa shape index (κ1) is 13.4. The number of anilines is 1. The number of aliphatic imine (C=N–C) groups is 1. The lowest BCUT2D eigenvalue weighted by atomic mass is 9.98. The molecule has 4 nitrogen and oxygen atoms in total. The summed E-state index contributed by atoms with van der Waals surface area (Å²) in [6, 6.07) is 3.87. The Balaban J connectivity index is 1.72. The Labute approximate surface area is 132 Å². The molecular formula is C15H16ClN3OS. The van der Waals surface area contributed by atoms with E-state index in [0.717, 1.165) is 18.8 Å². The van der Waals surface area contributed by atoms with Gasteiger partial charge in [-0.25, -0.2) is 0 Å². The van der Waals surface area contributed by atoms with E-state index in [9.17, 15) is 0 Å². The minimum absolute atomic E-state index is 0.372. The van der Waals surface area contributed by atoms with Crippen LogP contribution in [0.25, 0.3) is 0 Å². The lowest BCUT2D eigenvalue weighted by Gasteiger charge is -2.30. The fourth-order valence-electron chi connectivity index (χ4n) is 2.89. The second-order valence-electron chi connectivity index (χ2n) is 5.46. The van der Waals surface area contributed by atoms with Crippen molar-refractivity contribution in [2.45, 2.75) is 25.0 Å². The third kappa shape index (κ3) is 2.20. The first-order chi connectivity index (χ1) is 10.2. The molecule has 2 aliphatic rings. The molecular weight excluding hydrogens is 306 g/mol. The van der Waals surface area contributed by atoms with E-state index in [-0.39, 0.29) is 5.62 Å². The van der Waals surface area contributed by atoms with Crippen LogP contribution in [0, 0.1) is 6.92 Å². The first-order valence-electron chi connectivity index (χ1n) is 7.04. The van der Waals surface area contributed by atoms with Crippen molar-refractivity contribution in [1.29, 1.82) is 0 Å². The molecule has 1 saturated heterocycles. The number of hydrogen-bond acceptors (Lipinski definition) is 5. The Hall–Kier alpha value is -1.30. The van der Waals surface area contributed by atoms with Gasteiger partial charge in [0.2, 0.25) is 0 Å². The molecule has 0 amide bonds. The van der Waals surface area contributed by atoms with Crippen LogP contribution >= 0.6 is 22.9 Å². The van der Waals surface area contributed by atoms with Gasteiger partial charge in [0, 0.05) is 30.1 Å². The summed E-state index contributed by atoms with van der Waals surface area (Å²) >= 11 is 8.26. The van der Waals surface area contributed by atoms with Gasteiger partial charge in [-0.3, -0.25) is 4.99 Å². The van der Waals surface area contributed by atoms with Gasteiger partial charge < -0.3 is 14.6 Å². The molecule has 1 atom stereocenters. The summed E-state index contributed by atoms with van der Waals surface area (Å²) < 4.78 is 5.47. The molecule has 1 fully saturated rings. The highest BCUT2D eigenvalue weighted by molar-refractivity contribution is 7.14. The molecule has 1 unspecified atom stereocenters. The number of hydrogen-bond donors (Lipinski definition) is 1. The monoisotopic (exact) mass is 321 g/mol. The van der Waals surface area contributed by atoms with E-state index in [4.69, 9.17) is 16.0 Å². The molecule has 6 heteroatoms. The Kier molecular flexibility index (Phi) is 3.28. The average molecular weight is 322 g/mol. The standard InChI is InChI=1S/C15H16ClN3OS/c1-9-13-12(21-14(9)10-5-17-6-10)7-18-15(16)19(13)8-11-3-2-4-20-11/h2-4,7,10,15,17H,5-6,8H2,1H3. The molecule has 0 aromatic carbocycles. The van der Waals surface area contributed by atoms with Crippen LogP contribution in [0.15, 0.2) is 27.8 Å². The quantitative estimate of drug-likeness (QED) is 0.696. The second-order valence-corrected chi connectivity index (χ2v) is 6.93. The van der Waals surface area contributed by atoms with Crippen LogP contribution in [0.5, 0.6) is 0 Å². The van der Waals surface area contributed by atoms with Crippen molar-refractivity contribution >= 4 is 34.8 Å². The van der Waals surface area contributed by atoms with E-state index in [1.54, 1.807) is 6.26 Å². The van der Waals surface area contributed by atoms with Crippen molar-refractivity contribution in [2.24, 2.45) is 4.99 Å². The van der Waals surface area contributed by atoms with Crippen LogP contribution in [0.4, 0.5) is 5.69 Å². The molecule has 4 rings (SSSR count). The maximum atomic E-state index is 6.41. The van der Waals surface area contributed by atoms with Crippen LogP contribution in [-0.2, 0) is 6.54 Å². The summed E-state index contributed by atoms with van der Waals surface area (Å²) in [5.41, 5.74) is 2.18. The highest BCUT2D eigenvalue weighted by Crippen LogP contribution is 2.43. The van der Waals surface area contributed by atoms with Crippen molar-refractivity contribution in [3.05, 3.63) is 39.5 Å². The fourth-order valence-corrected chi connectivity index (χ4v) is 4.42. The number of nitrogens with zero attached hydrogens (tertiary/aromatic N) is 2. The molecule has 4 heterocycles. The molecule has 110 valence electrons. The van der Waals surface area contributed by atoms with Gasteiger partial charge in [0.1, 0.15) is 5.76 Å². The van der Waals surface area contributed by atoms with E-state index in [2.05, 4.69) is 22.1 Å². The van der Waals surface area contributed by atoms with Crippen LogP contribution in [0.1, 0.15) is 27.0 Å². The largest absolute Gasteiger partial charge is 0.467 e. The molecule has 21 heavy (non-hydrogen) atoms. The van der Waals surface area contributed by atoms with Crippen molar-refractivity contribution in [3.63, 3.8) is 0 Å². The lowest BCUT2D eigenvalue weighted by molar-refractivity contribution is 0.453. The number of furan rings is 1. The molecule has 2 aromatic rings. The SMILES string of the molecule is Cc1c(C2CNC2)sc2c1N(Cc1ccco1)C(Cl)N=C2. The van der Waals surface area contributed by atoms with E-state index in [1.807, 2.05) is 29.7 Å². The number of halogens is 1. The summed E-state index contributed by atoms with van der Waals surface area (Å²) in [6.07, 6.45) is 3.61. The summed E-state index contributed by atoms with van der Waals surface area (Å²) in [5.74, 6) is 1.54. The molecule has 2 aliphatic heterocycles. The molecule has 0 saturated carbocycles. The maximum absolute atomic E-state index is 6.41. The van der Waals surface area contributed by atoms with Gasteiger partial charge in [-0.05, 0) is 24.6 Å². The van der Waals surface area contributed by atoms with E-state index >= 15 is 0 Å². The number of alkyl halides is 1. The Morgan fingerprint density at radius 2 is 2.38 bits per heavy atom. The highest BCUT2D eigenvalue weighted by atomic mass is 35.5. The smallest absolute Gasteiger partial charge is 0.198 e. The Morgan fingerprint density at radius 3 is 3.05 bits per heavy atom. The van der Waals surface area contributed by atoms with E-state index in [0.29, 0.717) is 12.5 Å². The van der Waals surface area contributed by atoms with Crippen molar-refractivity contribution < 1.29 is 4.42 Å². The molecule has 0 spiro atoms. The van der Waals surface area contributed by atoms with Gasteiger partial charge in [-0.15, -0.1) is 11.3 Å². The lowest BCUT2D eigenvalue weighted by Crippen LogP contribution is -2.39. The third-order valence-corrected chi connectivity index (χ3v) is 5.82. The summed E-state index contributed by atoms with van der Waals surface area (Å²) in [6.45, 7) is 4.98. The van der Waals surface area contributed by atoms with Gasteiger partial charge in [0.05, 0.1) is 23.4 Å². The van der Waals surface area contributed by atoms with Crippen LogP contribution in [0.2, 0.25) is 0 Å². The molecule has 2 aromatic heterocycles. The number of nitrogens with one attached hydrogen (secondary N) is 1. The van der Waals surface area contributed by atoms with Gasteiger partial charge in [-0.1, -0.05) is 11.6 Å². The number of thiophene rings is 1. The van der Waals surface area contributed by atoms with Gasteiger partial charge in [0.15, 0.2) is 5.62 Å². The maximum Gasteiger partial charge on any atom is 0.198 e. The second kappa shape index (κ2) is 5.16. The van der Waals surface area contributed by atoms with Crippen LogP contribution < -0.4 is 10.2 Å². The van der Waals surface area contributed by atoms with Crippen LogP contribution in [0.3, 0.4) is 0 Å². The molecule has 0 aliphatic carbocycles. The van der Waals surface area contributed by atoms with Gasteiger partial charge in [0.25, 0.3) is 0 Å². The summed E-state index contributed by atoms with van der Waals surface area (Å²) in [7, 11) is 0. The predicted molar refractivity (Wildman–Crippen MR) is 86.8 cm³/mol. The zero-order chi connectivity index (χ0) is 14.4. The van der Waals surface area contributed by atoms with E-state index in [1.165, 1.54) is 21.0 Å². The van der Waals surface area contributed by atoms with Crippen LogP contribution in [-0.4, -0.2) is 24.9 Å². The van der Waals surface area contributed by atoms with Crippen molar-refractivity contribution in [1.82, 2.24) is 5.32 Å². The number of fused-ring (bicyclic) bond motifs is 1. The Bertz CT molecular complexity index is 675. The molecule has 1 N–H and O–H groups in total. The fraction of sp³-hybridized carbons (Fsp3) is 0.400. The summed E-state index contributed by atoms with van der Waals surface area (Å²) in [4.78, 5) is 9.20. The van der Waals surface area contributed by atoms with Gasteiger partial charge in [-0.2, -0.15) is 0 Å². The molecule has 0 bridgehead atoms. The zero-order valence-electron chi connectivity index (χ0n) is 11.7. The molecule has 0 radical (unpaired) electrons. The van der Waals surface area contributed by atoms with Gasteiger partial charge >= 0.3 is 0 Å². The topological polar surface area (TPSA) is 40.8 Å². The minimum atomic E-state index is -0.372. The number of rotatable bonds is 3.